The van der Waals surface area contributed by atoms with E-state index >= 15 is 0 Å². The Kier molecular flexibility index (Phi) is 5.01. The van der Waals surface area contributed by atoms with Crippen molar-refractivity contribution < 1.29 is 9.84 Å². The second-order valence-electron chi connectivity index (χ2n) is 6.03. The first-order chi connectivity index (χ1) is 11.6. The van der Waals surface area contributed by atoms with Gasteiger partial charge in [-0.25, -0.2) is 0 Å². The molecule has 0 saturated heterocycles. The van der Waals surface area contributed by atoms with Gasteiger partial charge in [0.2, 0.25) is 0 Å². The van der Waals surface area contributed by atoms with Gasteiger partial charge in [-0.05, 0) is 18.6 Å². The van der Waals surface area contributed by atoms with Crippen LogP contribution in [0.15, 0.2) is 53.5 Å². The Bertz CT molecular complexity index is 730. The summed E-state index contributed by atoms with van der Waals surface area (Å²) in [5.74, 6) is 1.22. The lowest BCUT2D eigenvalue weighted by molar-refractivity contribution is 0.187. The van der Waals surface area contributed by atoms with Crippen molar-refractivity contribution in [1.82, 2.24) is 5.32 Å². The van der Waals surface area contributed by atoms with Gasteiger partial charge < -0.3 is 20.9 Å². The Hall–Kier alpha value is -2.53. The molecule has 5 nitrogen and oxygen atoms in total. The SMILES string of the molecule is Cc1cccc(C(O)CN=C(N)NC2CCOc3ccccc32)c1. The van der Waals surface area contributed by atoms with Crippen molar-refractivity contribution in [2.45, 2.75) is 25.5 Å². The Morgan fingerprint density at radius 2 is 2.17 bits per heavy atom. The van der Waals surface area contributed by atoms with Gasteiger partial charge in [-0.3, -0.25) is 4.99 Å². The number of benzene rings is 2. The highest BCUT2D eigenvalue weighted by molar-refractivity contribution is 5.78. The number of aliphatic hydroxyl groups excluding tert-OH is 1. The van der Waals surface area contributed by atoms with Crippen LogP contribution in [-0.2, 0) is 0 Å². The number of aryl methyl sites for hydroxylation is 1. The van der Waals surface area contributed by atoms with Crippen LogP contribution >= 0.6 is 0 Å². The number of aliphatic imine (C=N–C) groups is 1. The molecule has 2 aromatic rings. The third-order valence-electron chi connectivity index (χ3n) is 4.14. The molecule has 2 unspecified atom stereocenters. The van der Waals surface area contributed by atoms with Crippen molar-refractivity contribution in [3.05, 3.63) is 65.2 Å². The van der Waals surface area contributed by atoms with E-state index in [1.807, 2.05) is 55.5 Å². The number of hydrogen-bond donors (Lipinski definition) is 3. The van der Waals surface area contributed by atoms with Gasteiger partial charge in [0.25, 0.3) is 0 Å². The quantitative estimate of drug-likeness (QED) is 0.596. The highest BCUT2D eigenvalue weighted by atomic mass is 16.5. The monoisotopic (exact) mass is 325 g/mol. The lowest BCUT2D eigenvalue weighted by Crippen LogP contribution is -2.37. The molecule has 0 saturated carbocycles. The van der Waals surface area contributed by atoms with E-state index in [1.165, 1.54) is 0 Å². The summed E-state index contributed by atoms with van der Waals surface area (Å²) in [4.78, 5) is 4.29. The van der Waals surface area contributed by atoms with Crippen LogP contribution in [0.1, 0.15) is 35.3 Å². The maximum absolute atomic E-state index is 10.2. The fourth-order valence-corrected chi connectivity index (χ4v) is 2.88. The Balaban J connectivity index is 1.63. The number of fused-ring (bicyclic) bond motifs is 1. The maximum atomic E-state index is 10.2. The largest absolute Gasteiger partial charge is 0.493 e. The van der Waals surface area contributed by atoms with Crippen molar-refractivity contribution in [1.29, 1.82) is 0 Å². The Morgan fingerprint density at radius 3 is 3.00 bits per heavy atom. The van der Waals surface area contributed by atoms with Gasteiger partial charge in [-0.2, -0.15) is 0 Å². The van der Waals surface area contributed by atoms with E-state index < -0.39 is 6.10 Å². The van der Waals surface area contributed by atoms with Crippen molar-refractivity contribution in [3.63, 3.8) is 0 Å². The molecule has 0 aliphatic carbocycles. The smallest absolute Gasteiger partial charge is 0.189 e. The van der Waals surface area contributed by atoms with Gasteiger partial charge in [0, 0.05) is 12.0 Å². The van der Waals surface area contributed by atoms with Gasteiger partial charge in [-0.1, -0.05) is 48.0 Å². The molecule has 1 heterocycles. The summed E-state index contributed by atoms with van der Waals surface area (Å²) < 4.78 is 5.64. The average Bonchev–Trinajstić information content (AvgIpc) is 2.60. The number of guanidine groups is 1. The van der Waals surface area contributed by atoms with Crippen LogP contribution in [0.5, 0.6) is 5.75 Å². The number of nitrogens with zero attached hydrogens (tertiary/aromatic N) is 1. The number of para-hydroxylation sites is 1. The van der Waals surface area contributed by atoms with Crippen molar-refractivity contribution in [2.24, 2.45) is 10.7 Å². The van der Waals surface area contributed by atoms with Crippen LogP contribution in [0.4, 0.5) is 0 Å². The van der Waals surface area contributed by atoms with Crippen LogP contribution in [-0.4, -0.2) is 24.2 Å². The molecule has 1 aliphatic heterocycles. The molecule has 2 aromatic carbocycles. The zero-order valence-electron chi connectivity index (χ0n) is 13.8. The molecule has 0 amide bonds. The van der Waals surface area contributed by atoms with Crippen LogP contribution in [0.25, 0.3) is 0 Å². The molecule has 24 heavy (non-hydrogen) atoms. The molecule has 3 rings (SSSR count). The molecule has 0 radical (unpaired) electrons. The zero-order valence-corrected chi connectivity index (χ0v) is 13.8. The fourth-order valence-electron chi connectivity index (χ4n) is 2.88. The number of ether oxygens (including phenoxy) is 1. The second-order valence-corrected chi connectivity index (χ2v) is 6.03. The lowest BCUT2D eigenvalue weighted by atomic mass is 10.0. The fraction of sp³-hybridized carbons (Fsp3) is 0.316. The minimum atomic E-state index is -0.660. The Morgan fingerprint density at radius 1 is 1.33 bits per heavy atom. The summed E-state index contributed by atoms with van der Waals surface area (Å²) in [6.45, 7) is 2.87. The lowest BCUT2D eigenvalue weighted by Gasteiger charge is -2.27. The Labute approximate surface area is 142 Å². The molecule has 0 fully saturated rings. The highest BCUT2D eigenvalue weighted by Crippen LogP contribution is 2.31. The predicted molar refractivity (Wildman–Crippen MR) is 95.1 cm³/mol. The molecular weight excluding hydrogens is 302 g/mol. The molecule has 0 aromatic heterocycles. The van der Waals surface area contributed by atoms with Gasteiger partial charge in [-0.15, -0.1) is 0 Å². The molecule has 4 N–H and O–H groups in total. The standard InChI is InChI=1S/C19H23N3O2/c1-13-5-4-6-14(11-13)17(23)12-21-19(20)22-16-9-10-24-18-8-3-2-7-15(16)18/h2-8,11,16-17,23H,9-10,12H2,1H3,(H3,20,21,22). The van der Waals surface area contributed by atoms with Crippen LogP contribution in [0.3, 0.4) is 0 Å². The molecule has 0 bridgehead atoms. The van der Waals surface area contributed by atoms with Gasteiger partial charge in [0.05, 0.1) is 25.3 Å². The van der Waals surface area contributed by atoms with E-state index in [2.05, 4.69) is 10.3 Å². The van der Waals surface area contributed by atoms with E-state index in [4.69, 9.17) is 10.5 Å². The van der Waals surface area contributed by atoms with Crippen LogP contribution < -0.4 is 15.8 Å². The second kappa shape index (κ2) is 7.36. The maximum Gasteiger partial charge on any atom is 0.189 e. The number of nitrogens with two attached hydrogens (primary N) is 1. The third kappa shape index (κ3) is 3.86. The average molecular weight is 325 g/mol. The van der Waals surface area contributed by atoms with Crippen molar-refractivity contribution in [3.8, 4) is 5.75 Å². The minimum absolute atomic E-state index is 0.0785. The summed E-state index contributed by atoms with van der Waals surface area (Å²) in [5.41, 5.74) is 9.05. The number of nitrogens with one attached hydrogen (secondary N) is 1. The summed E-state index contributed by atoms with van der Waals surface area (Å²) in [7, 11) is 0. The number of rotatable bonds is 4. The zero-order chi connectivity index (χ0) is 16.9. The molecule has 2 atom stereocenters. The molecular formula is C19H23N3O2. The molecule has 1 aliphatic rings. The summed E-state index contributed by atoms with van der Waals surface area (Å²) in [6, 6.07) is 15.8. The number of hydrogen-bond acceptors (Lipinski definition) is 3. The number of aliphatic hydroxyl groups is 1. The first-order valence-electron chi connectivity index (χ1n) is 8.16. The summed E-state index contributed by atoms with van der Waals surface area (Å²) in [6.07, 6.45) is 0.167. The topological polar surface area (TPSA) is 79.9 Å². The van der Waals surface area contributed by atoms with Crippen LogP contribution in [0, 0.1) is 6.92 Å². The van der Waals surface area contributed by atoms with E-state index in [0.717, 1.165) is 28.9 Å². The predicted octanol–water partition coefficient (Wildman–Crippen LogP) is 2.46. The normalized spacial score (nSPS) is 18.4. The van der Waals surface area contributed by atoms with Gasteiger partial charge >= 0.3 is 0 Å². The van der Waals surface area contributed by atoms with Gasteiger partial charge in [0.15, 0.2) is 5.96 Å². The van der Waals surface area contributed by atoms with E-state index in [-0.39, 0.29) is 12.6 Å². The highest BCUT2D eigenvalue weighted by Gasteiger charge is 2.21. The van der Waals surface area contributed by atoms with Crippen LogP contribution in [0.2, 0.25) is 0 Å². The first-order valence-corrected chi connectivity index (χ1v) is 8.16. The molecule has 0 spiro atoms. The van der Waals surface area contributed by atoms with E-state index in [1.54, 1.807) is 0 Å². The minimum Gasteiger partial charge on any atom is -0.493 e. The van der Waals surface area contributed by atoms with Gasteiger partial charge in [0.1, 0.15) is 5.75 Å². The van der Waals surface area contributed by atoms with E-state index in [9.17, 15) is 5.11 Å². The molecule has 5 heteroatoms. The molecule has 126 valence electrons. The van der Waals surface area contributed by atoms with Crippen molar-refractivity contribution >= 4 is 5.96 Å². The summed E-state index contributed by atoms with van der Waals surface area (Å²) >= 11 is 0. The third-order valence-corrected chi connectivity index (χ3v) is 4.14. The summed E-state index contributed by atoms with van der Waals surface area (Å²) in [5, 5.41) is 13.5. The first kappa shape index (κ1) is 16.3. The van der Waals surface area contributed by atoms with Crippen molar-refractivity contribution in [2.75, 3.05) is 13.2 Å². The van der Waals surface area contributed by atoms with E-state index in [0.29, 0.717) is 12.6 Å².